The Hall–Kier alpha value is -0.610. The van der Waals surface area contributed by atoms with Crippen LogP contribution in [0.1, 0.15) is 32.1 Å². The van der Waals surface area contributed by atoms with Crippen molar-refractivity contribution in [2.24, 2.45) is 4.99 Å². The largest absolute Gasteiger partial charge is 0.385 e. The van der Waals surface area contributed by atoms with E-state index in [0.717, 1.165) is 38.6 Å². The van der Waals surface area contributed by atoms with Gasteiger partial charge >= 0.3 is 0 Å². The molecule has 1 aliphatic rings. The van der Waals surface area contributed by atoms with Crippen LogP contribution in [0.5, 0.6) is 0 Å². The van der Waals surface area contributed by atoms with E-state index < -0.39 is 0 Å². The van der Waals surface area contributed by atoms with Gasteiger partial charge in [0.2, 0.25) is 5.91 Å². The number of guanidine groups is 1. The van der Waals surface area contributed by atoms with E-state index in [2.05, 4.69) is 27.6 Å². The molecular formula is C17H36IN5O2. The van der Waals surface area contributed by atoms with Crippen LogP contribution in [0.3, 0.4) is 0 Å². The highest BCUT2D eigenvalue weighted by molar-refractivity contribution is 14.0. The maximum Gasteiger partial charge on any atom is 0.243 e. The lowest BCUT2D eigenvalue weighted by Gasteiger charge is -2.20. The molecule has 0 aromatic carbocycles. The first-order valence-electron chi connectivity index (χ1n) is 8.95. The normalized spacial score (nSPS) is 15.2. The highest BCUT2D eigenvalue weighted by Gasteiger charge is 2.16. The van der Waals surface area contributed by atoms with Gasteiger partial charge < -0.3 is 25.2 Å². The average molecular weight is 469 g/mol. The quantitative estimate of drug-likeness (QED) is 0.217. The van der Waals surface area contributed by atoms with E-state index in [-0.39, 0.29) is 36.4 Å². The first-order valence-corrected chi connectivity index (χ1v) is 8.95. The van der Waals surface area contributed by atoms with Crippen LogP contribution in [0.2, 0.25) is 0 Å². The van der Waals surface area contributed by atoms with Gasteiger partial charge in [-0.25, -0.2) is 4.99 Å². The van der Waals surface area contributed by atoms with Crippen molar-refractivity contribution in [3.63, 3.8) is 0 Å². The van der Waals surface area contributed by atoms with Gasteiger partial charge in [0.1, 0.15) is 6.54 Å². The molecule has 0 unspecified atom stereocenters. The SMILES string of the molecule is COCCCN(C)CCNC(=NCC(=O)N(C)C)NC1CCCC1.I. The van der Waals surface area contributed by atoms with E-state index >= 15 is 0 Å². The molecule has 0 aromatic rings. The molecule has 25 heavy (non-hydrogen) atoms. The molecule has 1 aliphatic carbocycles. The van der Waals surface area contributed by atoms with Crippen LogP contribution < -0.4 is 10.6 Å². The molecule has 8 heteroatoms. The lowest BCUT2D eigenvalue weighted by atomic mass is 10.2. The predicted molar refractivity (Wildman–Crippen MR) is 114 cm³/mol. The maximum absolute atomic E-state index is 11.8. The molecule has 1 rings (SSSR count). The van der Waals surface area contributed by atoms with E-state index in [1.807, 2.05) is 0 Å². The molecule has 7 nitrogen and oxygen atoms in total. The summed E-state index contributed by atoms with van der Waals surface area (Å²) in [6, 6.07) is 0.477. The van der Waals surface area contributed by atoms with Crippen molar-refractivity contribution >= 4 is 35.8 Å². The van der Waals surface area contributed by atoms with E-state index in [1.165, 1.54) is 25.7 Å². The fourth-order valence-electron chi connectivity index (χ4n) is 2.66. The number of rotatable bonds is 10. The molecule has 0 saturated heterocycles. The third kappa shape index (κ3) is 11.6. The Morgan fingerprint density at radius 2 is 1.88 bits per heavy atom. The molecule has 0 atom stereocenters. The summed E-state index contributed by atoms with van der Waals surface area (Å²) in [6.07, 6.45) is 5.93. The lowest BCUT2D eigenvalue weighted by Crippen LogP contribution is -2.45. The van der Waals surface area contributed by atoms with Crippen molar-refractivity contribution in [1.29, 1.82) is 0 Å². The Balaban J connectivity index is 0.00000576. The molecule has 0 aliphatic heterocycles. The second kappa shape index (κ2) is 14.5. The Morgan fingerprint density at radius 3 is 2.48 bits per heavy atom. The third-order valence-electron chi connectivity index (χ3n) is 4.24. The summed E-state index contributed by atoms with van der Waals surface area (Å²) in [6.45, 7) is 3.71. The zero-order valence-corrected chi connectivity index (χ0v) is 18.5. The summed E-state index contributed by atoms with van der Waals surface area (Å²) in [4.78, 5) is 20.0. The summed E-state index contributed by atoms with van der Waals surface area (Å²) < 4.78 is 5.08. The molecule has 1 fully saturated rings. The number of nitrogens with zero attached hydrogens (tertiary/aromatic N) is 3. The van der Waals surface area contributed by atoms with Gasteiger partial charge in [0.25, 0.3) is 0 Å². The van der Waals surface area contributed by atoms with Crippen molar-refractivity contribution in [1.82, 2.24) is 20.4 Å². The maximum atomic E-state index is 11.8. The first-order chi connectivity index (χ1) is 11.5. The van der Waals surface area contributed by atoms with Crippen molar-refractivity contribution in [2.45, 2.75) is 38.1 Å². The monoisotopic (exact) mass is 469 g/mol. The number of carbonyl (C=O) groups excluding carboxylic acids is 1. The van der Waals surface area contributed by atoms with E-state index in [1.54, 1.807) is 26.1 Å². The predicted octanol–water partition coefficient (Wildman–Crippen LogP) is 1.14. The van der Waals surface area contributed by atoms with Gasteiger partial charge in [0.05, 0.1) is 0 Å². The number of methoxy groups -OCH3 is 1. The number of nitrogens with one attached hydrogen (secondary N) is 2. The molecule has 148 valence electrons. The van der Waals surface area contributed by atoms with E-state index in [4.69, 9.17) is 4.74 Å². The fourth-order valence-corrected chi connectivity index (χ4v) is 2.66. The second-order valence-corrected chi connectivity index (χ2v) is 6.66. The average Bonchev–Trinajstić information content (AvgIpc) is 3.05. The van der Waals surface area contributed by atoms with Gasteiger partial charge in [-0.15, -0.1) is 24.0 Å². The number of halogens is 1. The number of ether oxygens (including phenoxy) is 1. The highest BCUT2D eigenvalue weighted by atomic mass is 127. The lowest BCUT2D eigenvalue weighted by molar-refractivity contribution is -0.127. The minimum atomic E-state index is 0. The minimum absolute atomic E-state index is 0. The molecular weight excluding hydrogens is 433 g/mol. The van der Waals surface area contributed by atoms with Gasteiger partial charge in [-0.3, -0.25) is 4.79 Å². The van der Waals surface area contributed by atoms with Crippen LogP contribution in [0, 0.1) is 0 Å². The molecule has 2 N–H and O–H groups in total. The van der Waals surface area contributed by atoms with Gasteiger partial charge in [0.15, 0.2) is 5.96 Å². The first kappa shape index (κ1) is 24.4. The number of hydrogen-bond acceptors (Lipinski definition) is 4. The molecule has 0 bridgehead atoms. The van der Waals surface area contributed by atoms with Crippen LogP contribution in [0.25, 0.3) is 0 Å². The highest BCUT2D eigenvalue weighted by Crippen LogP contribution is 2.17. The number of likely N-dealkylation sites (N-methyl/N-ethyl adjacent to an activating group) is 2. The number of hydrogen-bond donors (Lipinski definition) is 2. The topological polar surface area (TPSA) is 69.2 Å². The van der Waals surface area contributed by atoms with Crippen LogP contribution in [-0.2, 0) is 9.53 Å². The zero-order chi connectivity index (χ0) is 17.8. The summed E-state index contributed by atoms with van der Waals surface area (Å²) in [7, 11) is 7.34. The number of carbonyl (C=O) groups is 1. The van der Waals surface area contributed by atoms with E-state index in [9.17, 15) is 4.79 Å². The summed E-state index contributed by atoms with van der Waals surface area (Å²) >= 11 is 0. The summed E-state index contributed by atoms with van der Waals surface area (Å²) in [5.41, 5.74) is 0. The van der Waals surface area contributed by atoms with Crippen LogP contribution in [0.4, 0.5) is 0 Å². The van der Waals surface area contributed by atoms with Gasteiger partial charge in [-0.05, 0) is 26.3 Å². The molecule has 0 heterocycles. The van der Waals surface area contributed by atoms with E-state index in [0.29, 0.717) is 6.04 Å². The number of aliphatic imine (C=N–C) groups is 1. The molecule has 0 aromatic heterocycles. The summed E-state index contributed by atoms with van der Waals surface area (Å²) in [5.74, 6) is 0.765. The molecule has 1 saturated carbocycles. The standard InChI is InChI=1S/C17H35N5O2.HI/c1-21(2)16(23)14-19-17(20-15-8-5-6-9-15)18-10-12-22(3)11-7-13-24-4;/h15H,5-14H2,1-4H3,(H2,18,19,20);1H. The van der Waals surface area contributed by atoms with Crippen LogP contribution >= 0.6 is 24.0 Å². The number of amides is 1. The molecule has 1 amide bonds. The molecule has 0 spiro atoms. The fraction of sp³-hybridized carbons (Fsp3) is 0.882. The van der Waals surface area contributed by atoms with Gasteiger partial charge in [-0.2, -0.15) is 0 Å². The van der Waals surface area contributed by atoms with Crippen molar-refractivity contribution in [3.8, 4) is 0 Å². The van der Waals surface area contributed by atoms with Gasteiger partial charge in [0, 0.05) is 53.5 Å². The second-order valence-electron chi connectivity index (χ2n) is 6.66. The third-order valence-corrected chi connectivity index (χ3v) is 4.24. The Morgan fingerprint density at radius 1 is 1.20 bits per heavy atom. The van der Waals surface area contributed by atoms with Crippen LogP contribution in [0.15, 0.2) is 4.99 Å². The Labute approximate surface area is 170 Å². The smallest absolute Gasteiger partial charge is 0.243 e. The van der Waals surface area contributed by atoms with Gasteiger partial charge in [-0.1, -0.05) is 12.8 Å². The Kier molecular flexibility index (Phi) is 14.2. The zero-order valence-electron chi connectivity index (χ0n) is 16.2. The summed E-state index contributed by atoms with van der Waals surface area (Å²) in [5, 5.41) is 6.82. The van der Waals surface area contributed by atoms with Crippen molar-refractivity contribution in [2.75, 3.05) is 61.0 Å². The van der Waals surface area contributed by atoms with Crippen LogP contribution in [-0.4, -0.2) is 88.7 Å². The van der Waals surface area contributed by atoms with Crippen molar-refractivity contribution < 1.29 is 9.53 Å². The molecule has 0 radical (unpaired) electrons. The minimum Gasteiger partial charge on any atom is -0.385 e. The Bertz CT molecular complexity index is 387. The van der Waals surface area contributed by atoms with Crippen molar-refractivity contribution in [3.05, 3.63) is 0 Å².